The summed E-state index contributed by atoms with van der Waals surface area (Å²) in [6.45, 7) is 2.90. The highest BCUT2D eigenvalue weighted by atomic mass is 32.1. The Balaban J connectivity index is 1.42. The SMILES string of the molecule is CCOc1ccc(-c2nc(C(=O)NCc3n[nH]c(=S)n3C3CC3)cs2)cc1. The van der Waals surface area contributed by atoms with E-state index >= 15 is 0 Å². The van der Waals surface area contributed by atoms with E-state index < -0.39 is 0 Å². The van der Waals surface area contributed by atoms with E-state index in [1.807, 2.05) is 35.8 Å². The molecule has 0 bridgehead atoms. The summed E-state index contributed by atoms with van der Waals surface area (Å²) in [5.74, 6) is 1.34. The monoisotopic (exact) mass is 401 g/mol. The zero-order valence-electron chi connectivity index (χ0n) is 14.8. The summed E-state index contributed by atoms with van der Waals surface area (Å²) in [5.41, 5.74) is 1.35. The van der Waals surface area contributed by atoms with Crippen molar-refractivity contribution in [2.24, 2.45) is 0 Å². The van der Waals surface area contributed by atoms with Gasteiger partial charge in [-0.15, -0.1) is 11.3 Å². The molecule has 2 heterocycles. The molecule has 9 heteroatoms. The van der Waals surface area contributed by atoms with E-state index in [1.165, 1.54) is 11.3 Å². The number of benzene rings is 1. The molecule has 2 N–H and O–H groups in total. The summed E-state index contributed by atoms with van der Waals surface area (Å²) >= 11 is 6.70. The van der Waals surface area contributed by atoms with Gasteiger partial charge in [0.1, 0.15) is 16.5 Å². The minimum absolute atomic E-state index is 0.222. The van der Waals surface area contributed by atoms with Crippen molar-refractivity contribution in [2.45, 2.75) is 32.4 Å². The highest BCUT2D eigenvalue weighted by Gasteiger charge is 2.27. The number of hydrogen-bond donors (Lipinski definition) is 2. The van der Waals surface area contributed by atoms with Crippen LogP contribution >= 0.6 is 23.6 Å². The maximum absolute atomic E-state index is 12.4. The molecule has 7 nitrogen and oxygen atoms in total. The number of aromatic nitrogens is 4. The van der Waals surface area contributed by atoms with Crippen molar-refractivity contribution in [2.75, 3.05) is 6.61 Å². The quantitative estimate of drug-likeness (QED) is 0.589. The highest BCUT2D eigenvalue weighted by molar-refractivity contribution is 7.71. The van der Waals surface area contributed by atoms with Crippen molar-refractivity contribution in [3.63, 3.8) is 0 Å². The van der Waals surface area contributed by atoms with Crippen LogP contribution in [-0.4, -0.2) is 32.3 Å². The number of hydrogen-bond acceptors (Lipinski definition) is 6. The third-order valence-corrected chi connectivity index (χ3v) is 5.43. The van der Waals surface area contributed by atoms with Gasteiger partial charge in [-0.25, -0.2) is 4.98 Å². The lowest BCUT2D eigenvalue weighted by Crippen LogP contribution is -2.25. The average Bonchev–Trinajstić information content (AvgIpc) is 3.25. The van der Waals surface area contributed by atoms with Gasteiger partial charge in [0, 0.05) is 17.0 Å². The second-order valence-electron chi connectivity index (χ2n) is 6.22. The first-order valence-electron chi connectivity index (χ1n) is 8.78. The lowest BCUT2D eigenvalue weighted by Gasteiger charge is -2.05. The molecule has 4 rings (SSSR count). The van der Waals surface area contributed by atoms with E-state index in [1.54, 1.807) is 5.38 Å². The molecule has 27 heavy (non-hydrogen) atoms. The Kier molecular flexibility index (Phi) is 5.04. The van der Waals surface area contributed by atoms with Crippen LogP contribution in [0.15, 0.2) is 29.6 Å². The van der Waals surface area contributed by atoms with E-state index in [9.17, 15) is 4.79 Å². The molecule has 1 aliphatic carbocycles. The van der Waals surface area contributed by atoms with Gasteiger partial charge in [0.2, 0.25) is 0 Å². The maximum Gasteiger partial charge on any atom is 0.271 e. The summed E-state index contributed by atoms with van der Waals surface area (Å²) < 4.78 is 8.04. The summed E-state index contributed by atoms with van der Waals surface area (Å²) in [6, 6.07) is 8.10. The number of rotatable bonds is 7. The summed E-state index contributed by atoms with van der Waals surface area (Å²) in [6.07, 6.45) is 2.21. The standard InChI is InChI=1S/C18H19N5O2S2/c1-2-25-13-7-3-11(4-8-13)17-20-14(10-27-17)16(24)19-9-15-21-22-18(26)23(15)12-5-6-12/h3-4,7-8,10,12H,2,5-6,9H2,1H3,(H,19,24)(H,22,26). The lowest BCUT2D eigenvalue weighted by atomic mass is 10.2. The zero-order chi connectivity index (χ0) is 18.8. The molecule has 1 aromatic carbocycles. The molecule has 0 radical (unpaired) electrons. The first kappa shape index (κ1) is 17.9. The lowest BCUT2D eigenvalue weighted by molar-refractivity contribution is 0.0945. The Bertz CT molecular complexity index is 1000. The van der Waals surface area contributed by atoms with Gasteiger partial charge < -0.3 is 10.1 Å². The van der Waals surface area contributed by atoms with Gasteiger partial charge in [-0.05, 0) is 56.2 Å². The van der Waals surface area contributed by atoms with Crippen LogP contribution in [0.3, 0.4) is 0 Å². The first-order valence-corrected chi connectivity index (χ1v) is 10.1. The fourth-order valence-corrected chi connectivity index (χ4v) is 3.90. The predicted molar refractivity (Wildman–Crippen MR) is 106 cm³/mol. The van der Waals surface area contributed by atoms with Gasteiger partial charge in [-0.1, -0.05) is 0 Å². The van der Waals surface area contributed by atoms with Crippen molar-refractivity contribution < 1.29 is 9.53 Å². The average molecular weight is 402 g/mol. The van der Waals surface area contributed by atoms with Crippen LogP contribution in [0.5, 0.6) is 5.75 Å². The molecule has 3 aromatic rings. The van der Waals surface area contributed by atoms with E-state index in [-0.39, 0.29) is 5.91 Å². The number of aromatic amines is 1. The van der Waals surface area contributed by atoms with E-state index in [0.717, 1.165) is 35.0 Å². The molecule has 2 aromatic heterocycles. The summed E-state index contributed by atoms with van der Waals surface area (Å²) in [5, 5.41) is 12.5. The number of thiazole rings is 1. The minimum atomic E-state index is -0.222. The maximum atomic E-state index is 12.4. The molecule has 0 unspecified atom stereocenters. The number of carbonyl (C=O) groups excluding carboxylic acids is 1. The summed E-state index contributed by atoms with van der Waals surface area (Å²) in [4.78, 5) is 16.9. The third-order valence-electron chi connectivity index (χ3n) is 4.25. The van der Waals surface area contributed by atoms with Gasteiger partial charge >= 0.3 is 0 Å². The Morgan fingerprint density at radius 3 is 2.89 bits per heavy atom. The van der Waals surface area contributed by atoms with Crippen LogP contribution in [0.2, 0.25) is 0 Å². The smallest absolute Gasteiger partial charge is 0.271 e. The largest absolute Gasteiger partial charge is 0.494 e. The van der Waals surface area contributed by atoms with Crippen molar-refractivity contribution >= 4 is 29.5 Å². The van der Waals surface area contributed by atoms with Crippen molar-refractivity contribution in [1.82, 2.24) is 25.1 Å². The summed E-state index contributed by atoms with van der Waals surface area (Å²) in [7, 11) is 0. The molecular formula is C18H19N5O2S2. The Hall–Kier alpha value is -2.52. The molecule has 0 spiro atoms. The molecule has 1 amide bonds. The molecule has 1 fully saturated rings. The zero-order valence-corrected chi connectivity index (χ0v) is 16.4. The number of nitrogens with zero attached hydrogens (tertiary/aromatic N) is 3. The topological polar surface area (TPSA) is 84.8 Å². The molecular weight excluding hydrogens is 382 g/mol. The van der Waals surface area contributed by atoms with Crippen LogP contribution in [0.1, 0.15) is 42.1 Å². The number of amides is 1. The minimum Gasteiger partial charge on any atom is -0.494 e. The van der Waals surface area contributed by atoms with Crippen molar-refractivity contribution in [3.8, 4) is 16.3 Å². The van der Waals surface area contributed by atoms with Gasteiger partial charge in [0.25, 0.3) is 5.91 Å². The molecule has 1 aliphatic rings. The normalized spacial score (nSPS) is 13.5. The highest BCUT2D eigenvalue weighted by Crippen LogP contribution is 2.35. The van der Waals surface area contributed by atoms with Crippen LogP contribution in [0.4, 0.5) is 0 Å². The van der Waals surface area contributed by atoms with Crippen LogP contribution in [0.25, 0.3) is 10.6 Å². The second kappa shape index (κ2) is 7.61. The van der Waals surface area contributed by atoms with E-state index in [0.29, 0.717) is 29.7 Å². The molecule has 0 atom stereocenters. The molecule has 140 valence electrons. The number of carbonyl (C=O) groups is 1. The predicted octanol–water partition coefficient (Wildman–Crippen LogP) is 3.73. The number of nitrogens with one attached hydrogen (secondary N) is 2. The first-order chi connectivity index (χ1) is 13.2. The van der Waals surface area contributed by atoms with Gasteiger partial charge in [0.15, 0.2) is 10.6 Å². The second-order valence-corrected chi connectivity index (χ2v) is 7.47. The molecule has 0 aliphatic heterocycles. The molecule has 1 saturated carbocycles. The fraction of sp³-hybridized carbons (Fsp3) is 0.333. The van der Waals surface area contributed by atoms with E-state index in [2.05, 4.69) is 20.5 Å². The van der Waals surface area contributed by atoms with Gasteiger partial charge in [0.05, 0.1) is 13.2 Å². The fourth-order valence-electron chi connectivity index (χ4n) is 2.79. The molecule has 0 saturated heterocycles. The van der Waals surface area contributed by atoms with Crippen molar-refractivity contribution in [1.29, 1.82) is 0 Å². The van der Waals surface area contributed by atoms with Gasteiger partial charge in [-0.3, -0.25) is 14.5 Å². The third kappa shape index (κ3) is 3.93. The van der Waals surface area contributed by atoms with Crippen molar-refractivity contribution in [3.05, 3.63) is 45.9 Å². The van der Waals surface area contributed by atoms with Crippen LogP contribution in [0, 0.1) is 4.77 Å². The Labute approximate surface area is 165 Å². The number of H-pyrrole nitrogens is 1. The van der Waals surface area contributed by atoms with E-state index in [4.69, 9.17) is 17.0 Å². The van der Waals surface area contributed by atoms with Crippen LogP contribution in [-0.2, 0) is 6.54 Å². The Morgan fingerprint density at radius 1 is 1.41 bits per heavy atom. The Morgan fingerprint density at radius 2 is 2.19 bits per heavy atom. The van der Waals surface area contributed by atoms with Gasteiger partial charge in [-0.2, -0.15) is 5.10 Å². The number of ether oxygens (including phenoxy) is 1. The van der Waals surface area contributed by atoms with Crippen LogP contribution < -0.4 is 10.1 Å².